The molecule has 5 heteroatoms. The fraction of sp³-hybridized carbons (Fsp3) is 0.562. The van der Waals surface area contributed by atoms with Crippen LogP contribution in [0.4, 0.5) is 5.69 Å². The highest BCUT2D eigenvalue weighted by atomic mass is 16.5. The van der Waals surface area contributed by atoms with Crippen LogP contribution in [-0.4, -0.2) is 61.4 Å². The molecule has 1 atom stereocenters. The maximum absolute atomic E-state index is 11.4. The van der Waals surface area contributed by atoms with E-state index < -0.39 is 5.97 Å². The van der Waals surface area contributed by atoms with Crippen molar-refractivity contribution in [2.24, 2.45) is 0 Å². The number of carboxylic acids is 1. The minimum atomic E-state index is -0.847. The van der Waals surface area contributed by atoms with E-state index in [4.69, 9.17) is 4.74 Å². The number of ether oxygens (including phenoxy) is 1. The number of carboxylic acid groups (broad SMARTS) is 1. The van der Waals surface area contributed by atoms with Crippen LogP contribution < -0.4 is 4.90 Å². The first-order valence-electron chi connectivity index (χ1n) is 7.56. The number of aryl methyl sites for hydroxylation is 1. The third-order valence-corrected chi connectivity index (χ3v) is 4.45. The molecular weight excluding hydrogens is 268 g/mol. The molecule has 2 fully saturated rings. The Balaban J connectivity index is 1.76. The van der Waals surface area contributed by atoms with Crippen LogP contribution in [0.3, 0.4) is 0 Å². The Bertz CT molecular complexity index is 526. The molecule has 114 valence electrons. The highest BCUT2D eigenvalue weighted by Crippen LogP contribution is 2.28. The van der Waals surface area contributed by atoms with E-state index in [-0.39, 0.29) is 0 Å². The number of hydrogen-bond acceptors (Lipinski definition) is 4. The largest absolute Gasteiger partial charge is 0.478 e. The first-order valence-corrected chi connectivity index (χ1v) is 7.56. The van der Waals surface area contributed by atoms with E-state index in [1.807, 2.05) is 19.1 Å². The monoisotopic (exact) mass is 290 g/mol. The summed E-state index contributed by atoms with van der Waals surface area (Å²) >= 11 is 0. The van der Waals surface area contributed by atoms with Gasteiger partial charge in [0.05, 0.1) is 24.5 Å². The van der Waals surface area contributed by atoms with Gasteiger partial charge in [-0.2, -0.15) is 0 Å². The number of nitrogens with zero attached hydrogens (tertiary/aromatic N) is 2. The zero-order valence-electron chi connectivity index (χ0n) is 12.4. The zero-order valence-corrected chi connectivity index (χ0v) is 12.4. The van der Waals surface area contributed by atoms with Crippen LogP contribution in [0.25, 0.3) is 0 Å². The molecule has 3 rings (SSSR count). The van der Waals surface area contributed by atoms with Gasteiger partial charge in [-0.1, -0.05) is 6.07 Å². The van der Waals surface area contributed by atoms with E-state index in [0.29, 0.717) is 11.6 Å². The van der Waals surface area contributed by atoms with Gasteiger partial charge in [0.2, 0.25) is 0 Å². The van der Waals surface area contributed by atoms with E-state index in [1.165, 1.54) is 0 Å². The van der Waals surface area contributed by atoms with Crippen molar-refractivity contribution in [3.63, 3.8) is 0 Å². The number of benzene rings is 1. The molecule has 0 aromatic heterocycles. The van der Waals surface area contributed by atoms with Crippen molar-refractivity contribution in [1.82, 2.24) is 4.90 Å². The first kappa shape index (κ1) is 14.4. The standard InChI is InChI=1S/C16H22N2O3/c1-12-2-3-14(16(19)20)15(10-12)18-5-4-13(11-18)17-6-8-21-9-7-17/h2-3,10,13H,4-9,11H2,1H3,(H,19,20). The van der Waals surface area contributed by atoms with Crippen molar-refractivity contribution in [2.45, 2.75) is 19.4 Å². The molecule has 1 aromatic carbocycles. The molecule has 0 spiro atoms. The second kappa shape index (κ2) is 6.03. The summed E-state index contributed by atoms with van der Waals surface area (Å²) in [5.41, 5.74) is 2.37. The van der Waals surface area contributed by atoms with E-state index in [1.54, 1.807) is 6.07 Å². The highest BCUT2D eigenvalue weighted by Gasteiger charge is 2.30. The normalized spacial score (nSPS) is 23.5. The maximum Gasteiger partial charge on any atom is 0.337 e. The third-order valence-electron chi connectivity index (χ3n) is 4.45. The smallest absolute Gasteiger partial charge is 0.337 e. The van der Waals surface area contributed by atoms with E-state index in [0.717, 1.165) is 57.1 Å². The molecule has 21 heavy (non-hydrogen) atoms. The lowest BCUT2D eigenvalue weighted by Gasteiger charge is -2.32. The minimum absolute atomic E-state index is 0.406. The van der Waals surface area contributed by atoms with E-state index in [2.05, 4.69) is 9.80 Å². The molecule has 5 nitrogen and oxygen atoms in total. The summed E-state index contributed by atoms with van der Waals surface area (Å²) in [5, 5.41) is 9.38. The molecule has 0 saturated carbocycles. The van der Waals surface area contributed by atoms with E-state index in [9.17, 15) is 9.90 Å². The minimum Gasteiger partial charge on any atom is -0.478 e. The molecule has 0 amide bonds. The summed E-state index contributed by atoms with van der Waals surface area (Å²) in [7, 11) is 0. The van der Waals surface area contributed by atoms with Crippen molar-refractivity contribution in [1.29, 1.82) is 0 Å². The Morgan fingerprint density at radius 1 is 1.29 bits per heavy atom. The van der Waals surface area contributed by atoms with Gasteiger partial charge in [-0.15, -0.1) is 0 Å². The lowest BCUT2D eigenvalue weighted by Crippen LogP contribution is -2.44. The molecule has 2 saturated heterocycles. The Morgan fingerprint density at radius 3 is 2.76 bits per heavy atom. The number of morpholine rings is 1. The molecule has 0 aliphatic carbocycles. The van der Waals surface area contributed by atoms with Crippen LogP contribution >= 0.6 is 0 Å². The van der Waals surface area contributed by atoms with Crippen LogP contribution in [0.1, 0.15) is 22.3 Å². The second-order valence-electron chi connectivity index (χ2n) is 5.86. The van der Waals surface area contributed by atoms with Crippen molar-refractivity contribution in [3.8, 4) is 0 Å². The van der Waals surface area contributed by atoms with Gasteiger partial charge in [0.15, 0.2) is 0 Å². The van der Waals surface area contributed by atoms with Crippen LogP contribution in [-0.2, 0) is 4.74 Å². The first-order chi connectivity index (χ1) is 10.1. The number of carbonyl (C=O) groups is 1. The average molecular weight is 290 g/mol. The molecule has 0 radical (unpaired) electrons. The Kier molecular flexibility index (Phi) is 4.12. The molecule has 1 unspecified atom stereocenters. The highest BCUT2D eigenvalue weighted by molar-refractivity contribution is 5.94. The van der Waals surface area contributed by atoms with Crippen LogP contribution in [0.2, 0.25) is 0 Å². The Hall–Kier alpha value is -1.59. The van der Waals surface area contributed by atoms with Crippen LogP contribution in [0, 0.1) is 6.92 Å². The molecule has 1 N–H and O–H groups in total. The van der Waals surface area contributed by atoms with Gasteiger partial charge in [0.25, 0.3) is 0 Å². The summed E-state index contributed by atoms with van der Waals surface area (Å²) in [6.07, 6.45) is 1.09. The molecule has 2 aliphatic heterocycles. The van der Waals surface area contributed by atoms with Gasteiger partial charge in [0.1, 0.15) is 0 Å². The fourth-order valence-corrected chi connectivity index (χ4v) is 3.29. The van der Waals surface area contributed by atoms with Gasteiger partial charge < -0.3 is 14.7 Å². The van der Waals surface area contributed by atoms with Crippen molar-refractivity contribution in [3.05, 3.63) is 29.3 Å². The quantitative estimate of drug-likeness (QED) is 0.916. The Labute approximate surface area is 125 Å². The molecule has 1 aromatic rings. The van der Waals surface area contributed by atoms with Crippen molar-refractivity contribution in [2.75, 3.05) is 44.3 Å². The van der Waals surface area contributed by atoms with Crippen LogP contribution in [0.5, 0.6) is 0 Å². The molecular formula is C16H22N2O3. The lowest BCUT2D eigenvalue weighted by molar-refractivity contribution is 0.0209. The van der Waals surface area contributed by atoms with Crippen molar-refractivity contribution < 1.29 is 14.6 Å². The molecule has 2 heterocycles. The van der Waals surface area contributed by atoms with Gasteiger partial charge in [-0.05, 0) is 31.0 Å². The van der Waals surface area contributed by atoms with Crippen LogP contribution in [0.15, 0.2) is 18.2 Å². The summed E-state index contributed by atoms with van der Waals surface area (Å²) in [5.74, 6) is -0.847. The van der Waals surface area contributed by atoms with Crippen molar-refractivity contribution >= 4 is 11.7 Å². The predicted molar refractivity (Wildman–Crippen MR) is 81.1 cm³/mol. The molecule has 0 bridgehead atoms. The third kappa shape index (κ3) is 3.04. The lowest BCUT2D eigenvalue weighted by atomic mass is 10.1. The topological polar surface area (TPSA) is 53.0 Å². The summed E-state index contributed by atoms with van der Waals surface area (Å²) in [4.78, 5) is 16.1. The summed E-state index contributed by atoms with van der Waals surface area (Å²) < 4.78 is 5.40. The number of hydrogen-bond donors (Lipinski definition) is 1. The zero-order chi connectivity index (χ0) is 14.8. The molecule has 2 aliphatic rings. The summed E-state index contributed by atoms with van der Waals surface area (Å²) in [6, 6.07) is 6.08. The van der Waals surface area contributed by atoms with Gasteiger partial charge in [-0.3, -0.25) is 4.90 Å². The summed E-state index contributed by atoms with van der Waals surface area (Å²) in [6.45, 7) is 7.42. The number of aromatic carboxylic acids is 1. The van der Waals surface area contributed by atoms with Gasteiger partial charge >= 0.3 is 5.97 Å². The Morgan fingerprint density at radius 2 is 2.05 bits per heavy atom. The number of rotatable bonds is 3. The average Bonchev–Trinajstić information content (AvgIpc) is 2.97. The van der Waals surface area contributed by atoms with Gasteiger partial charge in [-0.25, -0.2) is 4.79 Å². The van der Waals surface area contributed by atoms with Gasteiger partial charge in [0, 0.05) is 32.2 Å². The SMILES string of the molecule is Cc1ccc(C(=O)O)c(N2CCC(N3CCOCC3)C2)c1. The predicted octanol–water partition coefficient (Wildman–Crippen LogP) is 1.60. The second-order valence-corrected chi connectivity index (χ2v) is 5.86. The fourth-order valence-electron chi connectivity index (χ4n) is 3.29. The number of anilines is 1. The van der Waals surface area contributed by atoms with E-state index >= 15 is 0 Å². The maximum atomic E-state index is 11.4.